The van der Waals surface area contributed by atoms with Gasteiger partial charge in [0, 0.05) is 11.8 Å². The summed E-state index contributed by atoms with van der Waals surface area (Å²) in [7, 11) is 0. The molecule has 0 unspecified atom stereocenters. The second-order valence-corrected chi connectivity index (χ2v) is 5.88. The summed E-state index contributed by atoms with van der Waals surface area (Å²) in [6, 6.07) is 8.09. The maximum Gasteiger partial charge on any atom is 0.275 e. The van der Waals surface area contributed by atoms with Gasteiger partial charge in [-0.1, -0.05) is 29.3 Å². The number of carbonyl (C=O) groups is 1. The van der Waals surface area contributed by atoms with Crippen LogP contribution in [-0.4, -0.2) is 15.9 Å². The van der Waals surface area contributed by atoms with Gasteiger partial charge in [-0.2, -0.15) is 0 Å². The number of carbonyl (C=O) groups excluding carboxylic acids is 1. The number of rotatable bonds is 4. The lowest BCUT2D eigenvalue weighted by Gasteiger charge is -2.09. The molecule has 0 spiro atoms. The van der Waals surface area contributed by atoms with Crippen LogP contribution < -0.4 is 10.6 Å². The van der Waals surface area contributed by atoms with E-state index in [2.05, 4.69) is 20.6 Å². The van der Waals surface area contributed by atoms with Crippen molar-refractivity contribution in [1.82, 2.24) is 9.97 Å². The van der Waals surface area contributed by atoms with E-state index in [4.69, 9.17) is 23.2 Å². The van der Waals surface area contributed by atoms with E-state index >= 15 is 0 Å². The molecule has 3 aromatic rings. The van der Waals surface area contributed by atoms with Crippen LogP contribution in [0.3, 0.4) is 0 Å². The maximum atomic E-state index is 13.2. The van der Waals surface area contributed by atoms with Gasteiger partial charge in [0.15, 0.2) is 11.6 Å². The third-order valence-electron chi connectivity index (χ3n) is 3.28. The van der Waals surface area contributed by atoms with E-state index in [0.29, 0.717) is 21.6 Å². The number of amides is 1. The quantitative estimate of drug-likeness (QED) is 0.648. The van der Waals surface area contributed by atoms with Gasteiger partial charge < -0.3 is 10.6 Å². The zero-order valence-electron chi connectivity index (χ0n) is 12.9. The second-order valence-electron chi connectivity index (χ2n) is 5.10. The Labute approximate surface area is 157 Å². The predicted octanol–water partition coefficient (Wildman–Crippen LogP) is 5.06. The average molecular weight is 395 g/mol. The Balaban J connectivity index is 1.71. The lowest BCUT2D eigenvalue weighted by Crippen LogP contribution is -2.14. The summed E-state index contributed by atoms with van der Waals surface area (Å²) in [5.41, 5.74) is 0.633. The van der Waals surface area contributed by atoms with Crippen LogP contribution in [0.25, 0.3) is 0 Å². The van der Waals surface area contributed by atoms with Gasteiger partial charge in [-0.25, -0.2) is 18.7 Å². The number of hydrogen-bond acceptors (Lipinski definition) is 4. The lowest BCUT2D eigenvalue weighted by atomic mass is 10.3. The standard InChI is InChI=1S/C17H10Cl2F2N4O/c18-10-2-1-3-13(16(10)19)25-15-8-22-14(7-23-15)17(26)24-9-4-5-11(20)12(21)6-9/h1-8H,(H,23,25)(H,24,26). The van der Waals surface area contributed by atoms with E-state index in [-0.39, 0.29) is 11.4 Å². The second kappa shape index (κ2) is 7.63. The minimum atomic E-state index is -1.06. The molecule has 0 aliphatic heterocycles. The minimum absolute atomic E-state index is 0.00234. The molecule has 132 valence electrons. The summed E-state index contributed by atoms with van der Waals surface area (Å²) in [6.07, 6.45) is 2.56. The van der Waals surface area contributed by atoms with Crippen molar-refractivity contribution in [3.8, 4) is 0 Å². The largest absolute Gasteiger partial charge is 0.338 e. The Kier molecular flexibility index (Phi) is 5.29. The van der Waals surface area contributed by atoms with Crippen LogP contribution in [0.15, 0.2) is 48.8 Å². The molecule has 0 fully saturated rings. The topological polar surface area (TPSA) is 66.9 Å². The van der Waals surface area contributed by atoms with Crippen LogP contribution in [0.5, 0.6) is 0 Å². The molecule has 26 heavy (non-hydrogen) atoms. The molecule has 1 amide bonds. The summed E-state index contributed by atoms with van der Waals surface area (Å²) in [5.74, 6) is -2.33. The first-order valence-corrected chi connectivity index (χ1v) is 7.99. The molecule has 0 saturated heterocycles. The molecule has 0 bridgehead atoms. The molecule has 5 nitrogen and oxygen atoms in total. The highest BCUT2D eigenvalue weighted by atomic mass is 35.5. The Bertz CT molecular complexity index is 967. The van der Waals surface area contributed by atoms with Gasteiger partial charge in [0.1, 0.15) is 11.5 Å². The number of nitrogens with one attached hydrogen (secondary N) is 2. The third kappa shape index (κ3) is 4.07. The van der Waals surface area contributed by atoms with Crippen LogP contribution in [0, 0.1) is 11.6 Å². The van der Waals surface area contributed by atoms with Crippen LogP contribution in [0.2, 0.25) is 10.0 Å². The molecule has 0 aliphatic carbocycles. The number of halogens is 4. The summed E-state index contributed by atoms with van der Waals surface area (Å²) in [5, 5.41) is 6.05. The molecule has 2 N–H and O–H groups in total. The molecule has 0 atom stereocenters. The molecule has 3 rings (SSSR count). The van der Waals surface area contributed by atoms with E-state index in [1.165, 1.54) is 18.5 Å². The number of benzene rings is 2. The normalized spacial score (nSPS) is 10.5. The fraction of sp³-hybridized carbons (Fsp3) is 0. The van der Waals surface area contributed by atoms with Crippen molar-refractivity contribution < 1.29 is 13.6 Å². The molecule has 0 aliphatic rings. The molecule has 9 heteroatoms. The van der Waals surface area contributed by atoms with Gasteiger partial charge >= 0.3 is 0 Å². The van der Waals surface area contributed by atoms with Gasteiger partial charge in [0.2, 0.25) is 0 Å². The molecule has 1 heterocycles. The van der Waals surface area contributed by atoms with Crippen molar-refractivity contribution in [2.45, 2.75) is 0 Å². The summed E-state index contributed by atoms with van der Waals surface area (Å²) in [4.78, 5) is 20.1. The highest BCUT2D eigenvalue weighted by Crippen LogP contribution is 2.31. The average Bonchev–Trinajstić information content (AvgIpc) is 2.63. The predicted molar refractivity (Wildman–Crippen MR) is 96.1 cm³/mol. The van der Waals surface area contributed by atoms with Crippen LogP contribution in [0.4, 0.5) is 26.0 Å². The number of hydrogen-bond donors (Lipinski definition) is 2. The number of nitrogens with zero attached hydrogens (tertiary/aromatic N) is 2. The lowest BCUT2D eigenvalue weighted by molar-refractivity contribution is 0.102. The molecule has 1 aromatic heterocycles. The highest BCUT2D eigenvalue weighted by Gasteiger charge is 2.11. The zero-order valence-corrected chi connectivity index (χ0v) is 14.4. The number of aromatic nitrogens is 2. The molecule has 2 aromatic carbocycles. The summed E-state index contributed by atoms with van der Waals surface area (Å²) >= 11 is 12.0. The monoisotopic (exact) mass is 394 g/mol. The van der Waals surface area contributed by atoms with Gasteiger partial charge in [-0.3, -0.25) is 4.79 Å². The fourth-order valence-corrected chi connectivity index (χ4v) is 2.36. The van der Waals surface area contributed by atoms with Crippen molar-refractivity contribution in [2.75, 3.05) is 10.6 Å². The van der Waals surface area contributed by atoms with Crippen LogP contribution >= 0.6 is 23.2 Å². The van der Waals surface area contributed by atoms with E-state index in [9.17, 15) is 13.6 Å². The summed E-state index contributed by atoms with van der Waals surface area (Å²) < 4.78 is 26.1. The van der Waals surface area contributed by atoms with E-state index in [1.807, 2.05) is 0 Å². The van der Waals surface area contributed by atoms with E-state index < -0.39 is 17.5 Å². The number of anilines is 3. The van der Waals surface area contributed by atoms with Gasteiger partial charge in [-0.05, 0) is 24.3 Å². The molecule has 0 saturated carbocycles. The Hall–Kier alpha value is -2.77. The maximum absolute atomic E-state index is 13.2. The van der Waals surface area contributed by atoms with E-state index in [1.54, 1.807) is 18.2 Å². The van der Waals surface area contributed by atoms with Crippen LogP contribution in [-0.2, 0) is 0 Å². The van der Waals surface area contributed by atoms with Crippen molar-refractivity contribution in [3.63, 3.8) is 0 Å². The first kappa shape index (κ1) is 18.0. The smallest absolute Gasteiger partial charge is 0.275 e. The van der Waals surface area contributed by atoms with Crippen molar-refractivity contribution in [1.29, 1.82) is 0 Å². The minimum Gasteiger partial charge on any atom is -0.338 e. The van der Waals surface area contributed by atoms with E-state index in [0.717, 1.165) is 12.1 Å². The van der Waals surface area contributed by atoms with Crippen LogP contribution in [0.1, 0.15) is 10.5 Å². The van der Waals surface area contributed by atoms with Gasteiger partial charge in [0.05, 0.1) is 28.1 Å². The Morgan fingerprint density at radius 2 is 1.81 bits per heavy atom. The van der Waals surface area contributed by atoms with Crippen molar-refractivity contribution in [2.24, 2.45) is 0 Å². The summed E-state index contributed by atoms with van der Waals surface area (Å²) in [6.45, 7) is 0. The van der Waals surface area contributed by atoms with Gasteiger partial charge in [-0.15, -0.1) is 0 Å². The zero-order chi connectivity index (χ0) is 18.7. The highest BCUT2D eigenvalue weighted by molar-refractivity contribution is 6.43. The van der Waals surface area contributed by atoms with Crippen molar-refractivity contribution in [3.05, 3.63) is 76.2 Å². The molecule has 0 radical (unpaired) electrons. The first-order chi connectivity index (χ1) is 12.4. The molecular formula is C17H10Cl2F2N4O. The third-order valence-corrected chi connectivity index (χ3v) is 4.10. The van der Waals surface area contributed by atoms with Gasteiger partial charge in [0.25, 0.3) is 5.91 Å². The van der Waals surface area contributed by atoms with Crippen molar-refractivity contribution >= 4 is 46.3 Å². The Morgan fingerprint density at radius 3 is 2.50 bits per heavy atom. The SMILES string of the molecule is O=C(Nc1ccc(F)c(F)c1)c1cnc(Nc2cccc(Cl)c2Cl)cn1. The first-order valence-electron chi connectivity index (χ1n) is 7.23. The Morgan fingerprint density at radius 1 is 1.00 bits per heavy atom. The molecular weight excluding hydrogens is 385 g/mol. The fourth-order valence-electron chi connectivity index (χ4n) is 2.02.